The molecule has 2 aromatic rings. The Bertz CT molecular complexity index is 893. The van der Waals surface area contributed by atoms with Gasteiger partial charge in [0.05, 0.1) is 13.1 Å². The van der Waals surface area contributed by atoms with Crippen LogP contribution in [0.4, 0.5) is 4.39 Å². The van der Waals surface area contributed by atoms with Crippen LogP contribution in [0.3, 0.4) is 0 Å². The minimum Gasteiger partial charge on any atom is -0.247 e. The van der Waals surface area contributed by atoms with Crippen LogP contribution in [0, 0.1) is 5.82 Å². The summed E-state index contributed by atoms with van der Waals surface area (Å²) in [5, 5.41) is 0. The van der Waals surface area contributed by atoms with Crippen LogP contribution < -0.4 is 17.1 Å². The maximum absolute atomic E-state index is 12.9. The SMILES string of the molecule is C=CCn1c(=O)n(CC=C)c(=O)n(CCSc2ccc(F)cc2)c1=O. The lowest BCUT2D eigenvalue weighted by Gasteiger charge is -2.12. The van der Waals surface area contributed by atoms with Crippen molar-refractivity contribution in [1.82, 2.24) is 13.7 Å². The lowest BCUT2D eigenvalue weighted by molar-refractivity contribution is 0.493. The summed E-state index contributed by atoms with van der Waals surface area (Å²) < 4.78 is 15.8. The lowest BCUT2D eigenvalue weighted by atomic mass is 10.4. The number of halogens is 1. The van der Waals surface area contributed by atoms with E-state index >= 15 is 0 Å². The minimum absolute atomic E-state index is 0.0141. The molecular formula is C17H18FN3O3S. The molecule has 0 aliphatic rings. The Kier molecular flexibility index (Phi) is 6.35. The van der Waals surface area contributed by atoms with Crippen LogP contribution in [0.25, 0.3) is 0 Å². The van der Waals surface area contributed by atoms with E-state index in [2.05, 4.69) is 13.2 Å². The van der Waals surface area contributed by atoms with Crippen LogP contribution in [0.5, 0.6) is 0 Å². The number of aromatic nitrogens is 3. The number of rotatable bonds is 8. The van der Waals surface area contributed by atoms with Gasteiger partial charge in [-0.3, -0.25) is 0 Å². The average molecular weight is 363 g/mol. The fourth-order valence-corrected chi connectivity index (χ4v) is 3.07. The zero-order valence-corrected chi connectivity index (χ0v) is 14.4. The molecule has 0 saturated heterocycles. The van der Waals surface area contributed by atoms with E-state index in [1.54, 1.807) is 12.1 Å². The molecule has 0 unspecified atom stereocenters. The van der Waals surface area contributed by atoms with E-state index in [4.69, 9.17) is 0 Å². The number of benzene rings is 1. The van der Waals surface area contributed by atoms with E-state index in [1.165, 1.54) is 36.0 Å². The van der Waals surface area contributed by atoms with Gasteiger partial charge in [-0.05, 0) is 24.3 Å². The van der Waals surface area contributed by atoms with E-state index in [0.717, 1.165) is 18.6 Å². The number of thioether (sulfide) groups is 1. The summed E-state index contributed by atoms with van der Waals surface area (Å²) in [5.74, 6) is 0.0885. The third-order valence-corrected chi connectivity index (χ3v) is 4.40. The Labute approximate surface area is 147 Å². The molecule has 0 bridgehead atoms. The fraction of sp³-hybridized carbons (Fsp3) is 0.235. The van der Waals surface area contributed by atoms with E-state index in [1.807, 2.05) is 0 Å². The average Bonchev–Trinajstić information content (AvgIpc) is 2.60. The Balaban J connectivity index is 2.32. The lowest BCUT2D eigenvalue weighted by Crippen LogP contribution is -2.54. The molecule has 6 nitrogen and oxygen atoms in total. The largest absolute Gasteiger partial charge is 0.336 e. The first kappa shape index (κ1) is 18.7. The summed E-state index contributed by atoms with van der Waals surface area (Å²) in [7, 11) is 0. The van der Waals surface area contributed by atoms with Gasteiger partial charge in [0.1, 0.15) is 5.82 Å². The van der Waals surface area contributed by atoms with Gasteiger partial charge in [0, 0.05) is 17.2 Å². The quantitative estimate of drug-likeness (QED) is 0.526. The highest BCUT2D eigenvalue weighted by Gasteiger charge is 2.13. The van der Waals surface area contributed by atoms with E-state index in [9.17, 15) is 18.8 Å². The van der Waals surface area contributed by atoms with Crippen molar-refractivity contribution in [3.8, 4) is 0 Å². The zero-order chi connectivity index (χ0) is 18.4. The molecule has 132 valence electrons. The van der Waals surface area contributed by atoms with Crippen molar-refractivity contribution in [2.45, 2.75) is 24.5 Å². The molecule has 25 heavy (non-hydrogen) atoms. The second-order valence-corrected chi connectivity index (χ2v) is 6.27. The fourth-order valence-electron chi connectivity index (χ4n) is 2.23. The molecule has 1 heterocycles. The third-order valence-electron chi connectivity index (χ3n) is 3.41. The van der Waals surface area contributed by atoms with Gasteiger partial charge in [0.15, 0.2) is 0 Å². The Morgan fingerprint density at radius 3 is 1.84 bits per heavy atom. The zero-order valence-electron chi connectivity index (χ0n) is 13.6. The van der Waals surface area contributed by atoms with Crippen LogP contribution in [0.1, 0.15) is 0 Å². The summed E-state index contributed by atoms with van der Waals surface area (Å²) in [4.78, 5) is 37.9. The molecule has 0 radical (unpaired) electrons. The smallest absolute Gasteiger partial charge is 0.247 e. The maximum atomic E-state index is 12.9. The predicted molar refractivity (Wildman–Crippen MR) is 96.7 cm³/mol. The van der Waals surface area contributed by atoms with Gasteiger partial charge in [-0.25, -0.2) is 32.5 Å². The molecule has 0 aliphatic carbocycles. The van der Waals surface area contributed by atoms with Crippen LogP contribution in [-0.2, 0) is 19.6 Å². The van der Waals surface area contributed by atoms with Gasteiger partial charge in [0.2, 0.25) is 0 Å². The Hall–Kier alpha value is -2.61. The van der Waals surface area contributed by atoms with Gasteiger partial charge in [-0.15, -0.1) is 24.9 Å². The van der Waals surface area contributed by atoms with Gasteiger partial charge in [0.25, 0.3) is 0 Å². The number of hydrogen-bond donors (Lipinski definition) is 0. The van der Waals surface area contributed by atoms with E-state index in [0.29, 0.717) is 5.75 Å². The topological polar surface area (TPSA) is 66.0 Å². The standard InChI is InChI=1S/C17H18FN3O3S/c1-3-9-19-15(22)20(10-4-2)17(24)21(16(19)23)11-12-25-14-7-5-13(18)6-8-14/h3-8H,1-2,9-12H2. The summed E-state index contributed by atoms with van der Waals surface area (Å²) in [6, 6.07) is 5.93. The van der Waals surface area contributed by atoms with Gasteiger partial charge in [-0.2, -0.15) is 0 Å². The van der Waals surface area contributed by atoms with Crippen LogP contribution in [0.15, 0.2) is 68.9 Å². The van der Waals surface area contributed by atoms with E-state index < -0.39 is 17.1 Å². The molecule has 0 spiro atoms. The Morgan fingerprint density at radius 2 is 1.36 bits per heavy atom. The van der Waals surface area contributed by atoms with Crippen molar-refractivity contribution in [2.24, 2.45) is 0 Å². The first-order valence-corrected chi connectivity index (χ1v) is 8.52. The second kappa shape index (κ2) is 8.48. The van der Waals surface area contributed by atoms with Crippen LogP contribution in [-0.4, -0.2) is 19.5 Å². The van der Waals surface area contributed by atoms with Crippen molar-refractivity contribution < 1.29 is 4.39 Å². The molecule has 1 aromatic carbocycles. The molecular weight excluding hydrogens is 345 g/mol. The number of nitrogens with zero attached hydrogens (tertiary/aromatic N) is 3. The summed E-state index contributed by atoms with van der Waals surface area (Å²) in [6.45, 7) is 7.20. The molecule has 0 amide bonds. The second-order valence-electron chi connectivity index (χ2n) is 5.10. The molecule has 0 atom stereocenters. The van der Waals surface area contributed by atoms with Crippen molar-refractivity contribution >= 4 is 11.8 Å². The van der Waals surface area contributed by atoms with Crippen molar-refractivity contribution in [1.29, 1.82) is 0 Å². The van der Waals surface area contributed by atoms with Crippen LogP contribution in [0.2, 0.25) is 0 Å². The van der Waals surface area contributed by atoms with Gasteiger partial charge >= 0.3 is 17.1 Å². The van der Waals surface area contributed by atoms with Crippen molar-refractivity contribution in [3.63, 3.8) is 0 Å². The Morgan fingerprint density at radius 1 is 0.880 bits per heavy atom. The normalized spacial score (nSPS) is 10.6. The minimum atomic E-state index is -0.683. The number of hydrogen-bond acceptors (Lipinski definition) is 4. The van der Waals surface area contributed by atoms with Gasteiger partial charge < -0.3 is 0 Å². The highest BCUT2D eigenvalue weighted by molar-refractivity contribution is 7.99. The van der Waals surface area contributed by atoms with Crippen molar-refractivity contribution in [3.05, 3.63) is 86.8 Å². The monoisotopic (exact) mass is 363 g/mol. The molecule has 2 rings (SSSR count). The molecule has 0 saturated carbocycles. The highest BCUT2D eigenvalue weighted by Crippen LogP contribution is 2.17. The molecule has 0 aliphatic heterocycles. The van der Waals surface area contributed by atoms with Gasteiger partial charge in [-0.1, -0.05) is 12.2 Å². The van der Waals surface area contributed by atoms with E-state index in [-0.39, 0.29) is 25.5 Å². The van der Waals surface area contributed by atoms with Crippen LogP contribution >= 0.6 is 11.8 Å². The molecule has 0 N–H and O–H groups in total. The maximum Gasteiger partial charge on any atom is 0.336 e. The first-order valence-electron chi connectivity index (χ1n) is 7.54. The summed E-state index contributed by atoms with van der Waals surface area (Å²) in [5.41, 5.74) is -2.03. The first-order chi connectivity index (χ1) is 12.0. The predicted octanol–water partition coefficient (Wildman–Crippen LogP) is 1.48. The molecule has 1 aromatic heterocycles. The number of allylic oxidation sites excluding steroid dienone is 2. The third kappa shape index (κ3) is 4.27. The van der Waals surface area contributed by atoms with Crippen molar-refractivity contribution in [2.75, 3.05) is 5.75 Å². The summed E-state index contributed by atoms with van der Waals surface area (Å²) >= 11 is 1.38. The highest BCUT2D eigenvalue weighted by atomic mass is 32.2. The molecule has 8 heteroatoms. The summed E-state index contributed by atoms with van der Waals surface area (Å²) in [6.07, 6.45) is 2.84. The molecule has 0 fully saturated rings.